The quantitative estimate of drug-likeness (QED) is 0.718. The number of nitrogens with zero attached hydrogens (tertiary/aromatic N) is 2. The van der Waals surface area contributed by atoms with E-state index < -0.39 is 6.03 Å². The van der Waals surface area contributed by atoms with Crippen molar-refractivity contribution in [2.24, 2.45) is 5.73 Å². The standard InChI is InChI=1S/C7H12N4OS/c1-5(2)11-6(3-4-9-11)13-10-7(8)12/h3-5H,1-2H3,(H3,8,10,12). The molecular formula is C7H12N4OS. The Morgan fingerprint density at radius 3 is 3.00 bits per heavy atom. The molecule has 0 bridgehead atoms. The summed E-state index contributed by atoms with van der Waals surface area (Å²) in [7, 11) is 0. The van der Waals surface area contributed by atoms with Gasteiger partial charge in [0.25, 0.3) is 0 Å². The minimum Gasteiger partial charge on any atom is -0.351 e. The van der Waals surface area contributed by atoms with Crippen molar-refractivity contribution < 1.29 is 4.79 Å². The number of amides is 2. The number of nitrogens with one attached hydrogen (secondary N) is 1. The molecule has 0 saturated heterocycles. The number of hydrogen-bond acceptors (Lipinski definition) is 3. The lowest BCUT2D eigenvalue weighted by Gasteiger charge is -2.09. The van der Waals surface area contributed by atoms with E-state index in [1.807, 2.05) is 19.9 Å². The number of aromatic nitrogens is 2. The number of carbonyl (C=O) groups is 1. The zero-order valence-electron chi connectivity index (χ0n) is 7.52. The molecule has 13 heavy (non-hydrogen) atoms. The van der Waals surface area contributed by atoms with Crippen LogP contribution >= 0.6 is 11.9 Å². The summed E-state index contributed by atoms with van der Waals surface area (Å²) in [6, 6.07) is 1.54. The first kappa shape index (κ1) is 9.91. The van der Waals surface area contributed by atoms with Gasteiger partial charge in [0.15, 0.2) is 0 Å². The summed E-state index contributed by atoms with van der Waals surface area (Å²) in [5.74, 6) is 0. The molecule has 0 aliphatic rings. The maximum atomic E-state index is 10.4. The fourth-order valence-electron chi connectivity index (χ4n) is 0.873. The Labute approximate surface area is 80.8 Å². The summed E-state index contributed by atoms with van der Waals surface area (Å²) in [6.07, 6.45) is 1.69. The lowest BCUT2D eigenvalue weighted by atomic mass is 10.4. The van der Waals surface area contributed by atoms with Gasteiger partial charge in [-0.25, -0.2) is 4.79 Å². The normalized spacial score (nSPS) is 10.4. The van der Waals surface area contributed by atoms with Gasteiger partial charge in [-0.1, -0.05) is 0 Å². The molecule has 2 amide bonds. The summed E-state index contributed by atoms with van der Waals surface area (Å²) < 4.78 is 4.24. The first-order valence-corrected chi connectivity index (χ1v) is 4.68. The van der Waals surface area contributed by atoms with E-state index in [1.165, 1.54) is 11.9 Å². The number of hydrogen-bond donors (Lipinski definition) is 2. The van der Waals surface area contributed by atoms with Crippen LogP contribution in [-0.2, 0) is 0 Å². The van der Waals surface area contributed by atoms with E-state index in [-0.39, 0.29) is 6.04 Å². The van der Waals surface area contributed by atoms with Crippen LogP contribution in [0.2, 0.25) is 0 Å². The summed E-state index contributed by atoms with van der Waals surface area (Å²) in [4.78, 5) is 10.4. The highest BCUT2D eigenvalue weighted by Crippen LogP contribution is 2.17. The fourth-order valence-corrected chi connectivity index (χ4v) is 1.56. The van der Waals surface area contributed by atoms with Crippen LogP contribution in [0.15, 0.2) is 17.3 Å². The van der Waals surface area contributed by atoms with Crippen molar-refractivity contribution in [3.05, 3.63) is 12.3 Å². The molecule has 0 spiro atoms. The molecule has 0 unspecified atom stereocenters. The average molecular weight is 200 g/mol. The Kier molecular flexibility index (Phi) is 3.18. The molecule has 5 nitrogen and oxygen atoms in total. The monoisotopic (exact) mass is 200 g/mol. The van der Waals surface area contributed by atoms with Gasteiger partial charge in [-0.15, -0.1) is 0 Å². The van der Waals surface area contributed by atoms with Gasteiger partial charge >= 0.3 is 6.03 Å². The van der Waals surface area contributed by atoms with E-state index in [1.54, 1.807) is 10.9 Å². The van der Waals surface area contributed by atoms with Crippen molar-refractivity contribution in [1.82, 2.24) is 14.5 Å². The Morgan fingerprint density at radius 1 is 1.77 bits per heavy atom. The molecule has 1 rings (SSSR count). The predicted molar refractivity (Wildman–Crippen MR) is 51.2 cm³/mol. The van der Waals surface area contributed by atoms with Crippen molar-refractivity contribution in [2.45, 2.75) is 24.9 Å². The van der Waals surface area contributed by atoms with Crippen LogP contribution in [0.5, 0.6) is 0 Å². The molecule has 1 heterocycles. The number of primary amides is 1. The highest BCUT2D eigenvalue weighted by molar-refractivity contribution is 7.97. The van der Waals surface area contributed by atoms with Crippen LogP contribution < -0.4 is 10.5 Å². The third-order valence-electron chi connectivity index (χ3n) is 1.38. The molecule has 6 heteroatoms. The highest BCUT2D eigenvalue weighted by atomic mass is 32.2. The molecule has 0 aliphatic heterocycles. The average Bonchev–Trinajstić information content (AvgIpc) is 2.47. The second-order valence-corrected chi connectivity index (χ2v) is 3.60. The van der Waals surface area contributed by atoms with Gasteiger partial charge in [-0.2, -0.15) is 5.10 Å². The summed E-state index contributed by atoms with van der Waals surface area (Å²) >= 11 is 1.17. The van der Waals surface area contributed by atoms with E-state index in [0.29, 0.717) is 0 Å². The minimum atomic E-state index is -0.554. The third-order valence-corrected chi connectivity index (χ3v) is 2.21. The first-order valence-electron chi connectivity index (χ1n) is 3.87. The van der Waals surface area contributed by atoms with Crippen LogP contribution in [0.25, 0.3) is 0 Å². The van der Waals surface area contributed by atoms with Crippen molar-refractivity contribution >= 4 is 18.0 Å². The fraction of sp³-hybridized carbons (Fsp3) is 0.429. The largest absolute Gasteiger partial charge is 0.351 e. The van der Waals surface area contributed by atoms with Gasteiger partial charge in [0, 0.05) is 18.0 Å². The first-order chi connectivity index (χ1) is 6.11. The van der Waals surface area contributed by atoms with Gasteiger partial charge < -0.3 is 5.73 Å². The molecule has 0 radical (unpaired) electrons. The SMILES string of the molecule is CC(C)n1nccc1SNC(N)=O. The van der Waals surface area contributed by atoms with Crippen molar-refractivity contribution in [3.8, 4) is 0 Å². The molecular weight excluding hydrogens is 188 g/mol. The van der Waals surface area contributed by atoms with Crippen molar-refractivity contribution in [2.75, 3.05) is 0 Å². The predicted octanol–water partition coefficient (Wildman–Crippen LogP) is 1.14. The van der Waals surface area contributed by atoms with E-state index in [9.17, 15) is 4.79 Å². The lowest BCUT2D eigenvalue weighted by molar-refractivity contribution is 0.254. The van der Waals surface area contributed by atoms with E-state index in [2.05, 4.69) is 9.82 Å². The van der Waals surface area contributed by atoms with E-state index in [4.69, 9.17) is 5.73 Å². The number of nitrogens with two attached hydrogens (primary N) is 1. The van der Waals surface area contributed by atoms with Crippen LogP contribution in [0.1, 0.15) is 19.9 Å². The van der Waals surface area contributed by atoms with Crippen LogP contribution in [0.4, 0.5) is 4.79 Å². The Balaban J connectivity index is 2.65. The van der Waals surface area contributed by atoms with E-state index >= 15 is 0 Å². The second-order valence-electron chi connectivity index (χ2n) is 2.78. The Morgan fingerprint density at radius 2 is 2.46 bits per heavy atom. The lowest BCUT2D eigenvalue weighted by Crippen LogP contribution is -2.23. The third kappa shape index (κ3) is 2.66. The summed E-state index contributed by atoms with van der Waals surface area (Å²) in [5, 5.41) is 4.97. The van der Waals surface area contributed by atoms with Crippen molar-refractivity contribution in [1.29, 1.82) is 0 Å². The topological polar surface area (TPSA) is 72.9 Å². The molecule has 1 aromatic rings. The van der Waals surface area contributed by atoms with Gasteiger partial charge in [0.05, 0.1) is 6.20 Å². The van der Waals surface area contributed by atoms with Crippen LogP contribution in [-0.4, -0.2) is 15.8 Å². The van der Waals surface area contributed by atoms with Crippen LogP contribution in [0, 0.1) is 0 Å². The summed E-state index contributed by atoms with van der Waals surface area (Å²) in [5.41, 5.74) is 4.93. The second kappa shape index (κ2) is 4.18. The van der Waals surface area contributed by atoms with Gasteiger partial charge in [0.1, 0.15) is 5.03 Å². The Hall–Kier alpha value is -1.17. The molecule has 0 fully saturated rings. The van der Waals surface area contributed by atoms with Gasteiger partial charge in [-0.3, -0.25) is 9.40 Å². The minimum absolute atomic E-state index is 0.271. The molecule has 0 saturated carbocycles. The molecule has 3 N–H and O–H groups in total. The van der Waals surface area contributed by atoms with Crippen LogP contribution in [0.3, 0.4) is 0 Å². The molecule has 72 valence electrons. The summed E-state index contributed by atoms with van der Waals surface area (Å²) in [6.45, 7) is 4.03. The molecule has 0 aliphatic carbocycles. The molecule has 0 atom stereocenters. The Bertz CT molecular complexity index is 296. The maximum absolute atomic E-state index is 10.4. The zero-order chi connectivity index (χ0) is 9.84. The highest BCUT2D eigenvalue weighted by Gasteiger charge is 2.06. The number of urea groups is 1. The molecule has 0 aromatic carbocycles. The maximum Gasteiger partial charge on any atom is 0.322 e. The van der Waals surface area contributed by atoms with Gasteiger partial charge in [-0.05, 0) is 19.9 Å². The smallest absolute Gasteiger partial charge is 0.322 e. The molecule has 1 aromatic heterocycles. The van der Waals surface area contributed by atoms with E-state index in [0.717, 1.165) is 5.03 Å². The number of carbonyl (C=O) groups excluding carboxylic acids is 1. The van der Waals surface area contributed by atoms with Gasteiger partial charge in [0.2, 0.25) is 0 Å². The van der Waals surface area contributed by atoms with Crippen molar-refractivity contribution in [3.63, 3.8) is 0 Å². The zero-order valence-corrected chi connectivity index (χ0v) is 8.34. The number of rotatable bonds is 3.